The lowest BCUT2D eigenvalue weighted by molar-refractivity contribution is -0.121. The van der Waals surface area contributed by atoms with Crippen molar-refractivity contribution in [2.24, 2.45) is 5.14 Å². The molecule has 0 aromatic heterocycles. The van der Waals surface area contributed by atoms with Crippen molar-refractivity contribution in [3.05, 3.63) is 23.3 Å². The normalized spacial score (nSPS) is 14.8. The first kappa shape index (κ1) is 15.8. The third-order valence-electron chi connectivity index (χ3n) is 3.26. The Bertz CT molecular complexity index is 628. The van der Waals surface area contributed by atoms with E-state index in [4.69, 9.17) is 9.88 Å². The van der Waals surface area contributed by atoms with Crippen molar-refractivity contribution in [1.82, 2.24) is 5.32 Å². The summed E-state index contributed by atoms with van der Waals surface area (Å²) in [5.74, 6) is 0.517. The monoisotopic (exact) mass is 312 g/mol. The van der Waals surface area contributed by atoms with Gasteiger partial charge in [-0.25, -0.2) is 13.6 Å². The van der Waals surface area contributed by atoms with Gasteiger partial charge in [-0.1, -0.05) is 0 Å². The maximum Gasteiger partial charge on any atom is 0.238 e. The number of nitrogens with two attached hydrogens (primary N) is 1. The second kappa shape index (κ2) is 6.03. The molecule has 1 saturated carbocycles. The fraction of sp³-hybridized carbons (Fsp3) is 0.500. The summed E-state index contributed by atoms with van der Waals surface area (Å²) in [6.45, 7) is 3.59. The summed E-state index contributed by atoms with van der Waals surface area (Å²) < 4.78 is 28.5. The zero-order valence-electron chi connectivity index (χ0n) is 12.2. The molecular weight excluding hydrogens is 292 g/mol. The van der Waals surface area contributed by atoms with Crippen LogP contribution in [0, 0.1) is 13.8 Å². The van der Waals surface area contributed by atoms with Gasteiger partial charge in [0.1, 0.15) is 5.75 Å². The Kier molecular flexibility index (Phi) is 4.53. The van der Waals surface area contributed by atoms with Gasteiger partial charge in [-0.15, -0.1) is 0 Å². The summed E-state index contributed by atoms with van der Waals surface area (Å²) in [5.41, 5.74) is 1.07. The Hall–Kier alpha value is -1.60. The third-order valence-corrected chi connectivity index (χ3v) is 4.47. The van der Waals surface area contributed by atoms with Crippen molar-refractivity contribution < 1.29 is 17.9 Å². The Labute approximate surface area is 124 Å². The number of carbonyl (C=O) groups excluding carboxylic acids is 1. The van der Waals surface area contributed by atoms with Crippen LogP contribution in [-0.4, -0.2) is 27.0 Å². The molecule has 0 heterocycles. The van der Waals surface area contributed by atoms with E-state index in [0.717, 1.165) is 12.8 Å². The van der Waals surface area contributed by atoms with Crippen molar-refractivity contribution in [3.8, 4) is 5.75 Å². The Balaban J connectivity index is 1.96. The van der Waals surface area contributed by atoms with E-state index in [-0.39, 0.29) is 23.8 Å². The number of hydrogen-bond acceptors (Lipinski definition) is 4. The zero-order chi connectivity index (χ0) is 15.6. The highest BCUT2D eigenvalue weighted by Crippen LogP contribution is 2.25. The van der Waals surface area contributed by atoms with Crippen LogP contribution in [0.15, 0.2) is 17.0 Å². The molecule has 2 rings (SSSR count). The Morgan fingerprint density at radius 2 is 1.90 bits per heavy atom. The molecule has 1 aliphatic carbocycles. The van der Waals surface area contributed by atoms with Crippen LogP contribution in [0.1, 0.15) is 30.4 Å². The smallest absolute Gasteiger partial charge is 0.238 e. The molecule has 0 bridgehead atoms. The van der Waals surface area contributed by atoms with Gasteiger partial charge in [0.15, 0.2) is 0 Å². The molecule has 0 aliphatic heterocycles. The molecule has 0 radical (unpaired) electrons. The van der Waals surface area contributed by atoms with E-state index in [2.05, 4.69) is 5.32 Å². The minimum absolute atomic E-state index is 0.0212. The van der Waals surface area contributed by atoms with Crippen LogP contribution in [0.5, 0.6) is 5.75 Å². The molecule has 1 fully saturated rings. The summed E-state index contributed by atoms with van der Waals surface area (Å²) >= 11 is 0. The maximum absolute atomic E-state index is 11.5. The van der Waals surface area contributed by atoms with Crippen LogP contribution in [0.2, 0.25) is 0 Å². The summed E-state index contributed by atoms with van der Waals surface area (Å²) in [7, 11) is -3.74. The Morgan fingerprint density at radius 1 is 1.33 bits per heavy atom. The average molecular weight is 312 g/mol. The van der Waals surface area contributed by atoms with Gasteiger partial charge in [0.05, 0.1) is 17.9 Å². The maximum atomic E-state index is 11.5. The summed E-state index contributed by atoms with van der Waals surface area (Å²) in [6, 6.07) is 3.58. The second-order valence-electron chi connectivity index (χ2n) is 5.37. The quantitative estimate of drug-likeness (QED) is 0.818. The lowest BCUT2D eigenvalue weighted by Crippen LogP contribution is -2.26. The van der Waals surface area contributed by atoms with E-state index >= 15 is 0 Å². The number of aryl methyl sites for hydroxylation is 2. The van der Waals surface area contributed by atoms with Gasteiger partial charge >= 0.3 is 0 Å². The van der Waals surface area contributed by atoms with Crippen LogP contribution in [-0.2, 0) is 14.8 Å². The van der Waals surface area contributed by atoms with E-state index in [0.29, 0.717) is 22.9 Å². The molecule has 3 N–H and O–H groups in total. The standard InChI is InChI=1S/C14H20N2O4S/c1-9-7-12(8-10(2)14(9)21(15,18)19)20-6-5-13(17)16-11-3-4-11/h7-8,11H,3-6H2,1-2H3,(H,16,17)(H2,15,18,19). The van der Waals surface area contributed by atoms with Gasteiger partial charge in [-0.3, -0.25) is 4.79 Å². The van der Waals surface area contributed by atoms with Crippen LogP contribution < -0.4 is 15.2 Å². The van der Waals surface area contributed by atoms with Gasteiger partial charge in [-0.2, -0.15) is 0 Å². The predicted molar refractivity (Wildman–Crippen MR) is 78.6 cm³/mol. The highest BCUT2D eigenvalue weighted by atomic mass is 32.2. The third kappa shape index (κ3) is 4.44. The van der Waals surface area contributed by atoms with Gasteiger partial charge in [0.25, 0.3) is 0 Å². The average Bonchev–Trinajstić information content (AvgIpc) is 3.09. The number of sulfonamides is 1. The molecule has 21 heavy (non-hydrogen) atoms. The number of ether oxygens (including phenoxy) is 1. The van der Waals surface area contributed by atoms with Crippen molar-refractivity contribution in [2.45, 2.75) is 44.0 Å². The van der Waals surface area contributed by atoms with Crippen molar-refractivity contribution in [3.63, 3.8) is 0 Å². The van der Waals surface area contributed by atoms with Crippen molar-refractivity contribution in [1.29, 1.82) is 0 Å². The molecule has 1 aliphatic rings. The number of nitrogens with one attached hydrogen (secondary N) is 1. The highest BCUT2D eigenvalue weighted by Gasteiger charge is 2.23. The van der Waals surface area contributed by atoms with Gasteiger partial charge < -0.3 is 10.1 Å². The molecule has 0 atom stereocenters. The van der Waals surface area contributed by atoms with E-state index in [1.54, 1.807) is 26.0 Å². The fourth-order valence-corrected chi connectivity index (χ4v) is 3.25. The van der Waals surface area contributed by atoms with Crippen LogP contribution >= 0.6 is 0 Å². The second-order valence-corrected chi connectivity index (χ2v) is 6.87. The summed E-state index contributed by atoms with van der Waals surface area (Å²) in [4.78, 5) is 11.6. The van der Waals surface area contributed by atoms with E-state index in [1.165, 1.54) is 0 Å². The van der Waals surface area contributed by atoms with Crippen LogP contribution in [0.3, 0.4) is 0 Å². The molecule has 1 aromatic carbocycles. The van der Waals surface area contributed by atoms with E-state index in [1.807, 2.05) is 0 Å². The first-order valence-electron chi connectivity index (χ1n) is 6.83. The molecular formula is C14H20N2O4S. The molecule has 1 amide bonds. The molecule has 6 nitrogen and oxygen atoms in total. The number of primary sulfonamides is 1. The number of benzene rings is 1. The van der Waals surface area contributed by atoms with Gasteiger partial charge in [0.2, 0.25) is 15.9 Å². The first-order valence-corrected chi connectivity index (χ1v) is 8.38. The molecule has 0 saturated heterocycles. The van der Waals surface area contributed by atoms with Crippen LogP contribution in [0.25, 0.3) is 0 Å². The molecule has 116 valence electrons. The SMILES string of the molecule is Cc1cc(OCCC(=O)NC2CC2)cc(C)c1S(N)(=O)=O. The fourth-order valence-electron chi connectivity index (χ4n) is 2.23. The van der Waals surface area contributed by atoms with Crippen LogP contribution in [0.4, 0.5) is 0 Å². The van der Waals surface area contributed by atoms with Crippen molar-refractivity contribution >= 4 is 15.9 Å². The highest BCUT2D eigenvalue weighted by molar-refractivity contribution is 7.89. The summed E-state index contributed by atoms with van der Waals surface area (Å²) in [5, 5.41) is 8.06. The topological polar surface area (TPSA) is 98.5 Å². The predicted octanol–water partition coefficient (Wildman–Crippen LogP) is 0.998. The molecule has 0 unspecified atom stereocenters. The lowest BCUT2D eigenvalue weighted by Gasteiger charge is -2.12. The zero-order valence-corrected chi connectivity index (χ0v) is 13.0. The van der Waals surface area contributed by atoms with Crippen molar-refractivity contribution in [2.75, 3.05) is 6.61 Å². The van der Waals surface area contributed by atoms with E-state index in [9.17, 15) is 13.2 Å². The molecule has 7 heteroatoms. The van der Waals surface area contributed by atoms with Gasteiger partial charge in [0, 0.05) is 6.04 Å². The van der Waals surface area contributed by atoms with E-state index < -0.39 is 10.0 Å². The minimum Gasteiger partial charge on any atom is -0.493 e. The number of rotatable bonds is 6. The number of amides is 1. The molecule has 0 spiro atoms. The number of carbonyl (C=O) groups is 1. The molecule has 1 aromatic rings. The largest absolute Gasteiger partial charge is 0.493 e. The first-order chi connectivity index (χ1) is 9.77. The minimum atomic E-state index is -3.74. The lowest BCUT2D eigenvalue weighted by atomic mass is 10.1. The Morgan fingerprint density at radius 3 is 2.38 bits per heavy atom. The van der Waals surface area contributed by atoms with Gasteiger partial charge in [-0.05, 0) is 49.9 Å². The summed E-state index contributed by atoms with van der Waals surface area (Å²) in [6.07, 6.45) is 2.39. The number of hydrogen-bond donors (Lipinski definition) is 2.